The van der Waals surface area contributed by atoms with Crippen molar-refractivity contribution in [1.82, 2.24) is 19.0 Å². The van der Waals surface area contributed by atoms with Crippen molar-refractivity contribution in [2.75, 3.05) is 20.2 Å². The van der Waals surface area contributed by atoms with Gasteiger partial charge in [0.15, 0.2) is 11.6 Å². The second-order valence-electron chi connectivity index (χ2n) is 8.18. The summed E-state index contributed by atoms with van der Waals surface area (Å²) in [6, 6.07) is 12.8. The molecule has 0 spiro atoms. The first-order chi connectivity index (χ1) is 17.0. The fourth-order valence-corrected chi connectivity index (χ4v) is 4.46. The van der Waals surface area contributed by atoms with Gasteiger partial charge < -0.3 is 14.4 Å². The zero-order valence-corrected chi connectivity index (χ0v) is 19.1. The quantitative estimate of drug-likeness (QED) is 0.394. The summed E-state index contributed by atoms with van der Waals surface area (Å²) in [5, 5.41) is 0. The van der Waals surface area contributed by atoms with Crippen LogP contribution in [0.3, 0.4) is 0 Å². The van der Waals surface area contributed by atoms with Gasteiger partial charge in [-0.15, -0.1) is 0 Å². The average Bonchev–Trinajstić information content (AvgIpc) is 3.47. The largest absolute Gasteiger partial charge is 0.497 e. The molecule has 8 nitrogen and oxygen atoms in total. The summed E-state index contributed by atoms with van der Waals surface area (Å²) < 4.78 is 29.0. The third kappa shape index (κ3) is 4.05. The number of nitrogens with zero attached hydrogens (tertiary/aromatic N) is 4. The van der Waals surface area contributed by atoms with Gasteiger partial charge in [-0.2, -0.15) is 0 Å². The Bertz CT molecular complexity index is 1490. The molecule has 2 aromatic carbocycles. The molecule has 2 aromatic heterocycles. The van der Waals surface area contributed by atoms with Crippen LogP contribution in [0.25, 0.3) is 16.7 Å². The molecule has 0 N–H and O–H groups in total. The van der Waals surface area contributed by atoms with Gasteiger partial charge in [-0.1, -0.05) is 12.6 Å². The van der Waals surface area contributed by atoms with Crippen molar-refractivity contribution in [3.8, 4) is 22.9 Å². The summed E-state index contributed by atoms with van der Waals surface area (Å²) in [5.41, 5.74) is 1.23. The minimum Gasteiger partial charge on any atom is -0.497 e. The van der Waals surface area contributed by atoms with Gasteiger partial charge in [-0.3, -0.25) is 18.9 Å². The van der Waals surface area contributed by atoms with Crippen LogP contribution in [0.15, 0.2) is 78.4 Å². The predicted octanol–water partition coefficient (Wildman–Crippen LogP) is 4.09. The lowest BCUT2D eigenvalue weighted by Crippen LogP contribution is -2.31. The number of carbonyl (C=O) groups excluding carboxylic acids is 1. The lowest BCUT2D eigenvalue weighted by Gasteiger charge is -2.15. The predicted molar refractivity (Wildman–Crippen MR) is 129 cm³/mol. The SMILES string of the molecule is C=CC(=O)N1CCC(n2c(=O)n(-c3ccc(Oc4cccc(OC)c4)c(F)c3)c3cnccc32)C1. The number of hydrogen-bond donors (Lipinski definition) is 0. The van der Waals surface area contributed by atoms with Crippen molar-refractivity contribution in [1.29, 1.82) is 0 Å². The van der Waals surface area contributed by atoms with E-state index >= 15 is 4.39 Å². The van der Waals surface area contributed by atoms with E-state index in [-0.39, 0.29) is 23.4 Å². The van der Waals surface area contributed by atoms with Gasteiger partial charge in [-0.05, 0) is 42.8 Å². The Hall–Kier alpha value is -4.40. The first-order valence-corrected chi connectivity index (χ1v) is 11.1. The number of aromatic nitrogens is 3. The van der Waals surface area contributed by atoms with E-state index in [0.717, 1.165) is 0 Å². The minimum absolute atomic E-state index is 0.0197. The number of likely N-dealkylation sites (tertiary alicyclic amines) is 1. The highest BCUT2D eigenvalue weighted by atomic mass is 19.1. The van der Waals surface area contributed by atoms with E-state index < -0.39 is 5.82 Å². The fraction of sp³-hybridized carbons (Fsp3) is 0.192. The zero-order valence-electron chi connectivity index (χ0n) is 19.1. The lowest BCUT2D eigenvalue weighted by molar-refractivity contribution is -0.125. The summed E-state index contributed by atoms with van der Waals surface area (Å²) in [6.07, 6.45) is 5.09. The number of halogens is 1. The van der Waals surface area contributed by atoms with Gasteiger partial charge in [0.05, 0.1) is 36.1 Å². The van der Waals surface area contributed by atoms with E-state index in [0.29, 0.717) is 47.7 Å². The Morgan fingerprint density at radius 2 is 2.00 bits per heavy atom. The highest BCUT2D eigenvalue weighted by Crippen LogP contribution is 2.30. The number of hydrogen-bond acceptors (Lipinski definition) is 5. The zero-order chi connectivity index (χ0) is 24.5. The van der Waals surface area contributed by atoms with Crippen molar-refractivity contribution >= 4 is 16.9 Å². The maximum Gasteiger partial charge on any atom is 0.334 e. The maximum atomic E-state index is 15.1. The van der Waals surface area contributed by atoms with Crippen LogP contribution in [0.2, 0.25) is 0 Å². The molecular formula is C26H23FN4O4. The molecule has 1 aliphatic rings. The van der Waals surface area contributed by atoms with E-state index in [1.54, 1.807) is 58.3 Å². The third-order valence-electron chi connectivity index (χ3n) is 6.13. The number of amides is 1. The molecule has 9 heteroatoms. The van der Waals surface area contributed by atoms with Crippen LogP contribution in [0.4, 0.5) is 4.39 Å². The standard InChI is InChI=1S/C26H23FN4O4/c1-3-25(32)29-12-10-18(16-29)31-22-9-11-28-15-23(22)30(26(31)33)17-7-8-24(21(27)13-17)35-20-6-4-5-19(14-20)34-2/h3-9,11,13-15,18H,1,10,12,16H2,2H3. The van der Waals surface area contributed by atoms with E-state index in [4.69, 9.17) is 9.47 Å². The Balaban J connectivity index is 1.52. The minimum atomic E-state index is -0.620. The number of imidazole rings is 1. The Morgan fingerprint density at radius 1 is 1.17 bits per heavy atom. The highest BCUT2D eigenvalue weighted by Gasteiger charge is 2.30. The molecule has 5 rings (SSSR count). The Kier molecular flexibility index (Phi) is 5.82. The van der Waals surface area contributed by atoms with Gasteiger partial charge in [0, 0.05) is 31.4 Å². The van der Waals surface area contributed by atoms with Gasteiger partial charge in [0.2, 0.25) is 5.91 Å². The molecule has 1 atom stereocenters. The molecule has 0 aliphatic carbocycles. The number of pyridine rings is 1. The van der Waals surface area contributed by atoms with E-state index in [9.17, 15) is 9.59 Å². The number of methoxy groups -OCH3 is 1. The Labute approximate surface area is 200 Å². The molecule has 178 valence electrons. The molecule has 1 unspecified atom stereocenters. The number of ether oxygens (including phenoxy) is 2. The first kappa shape index (κ1) is 22.4. The summed E-state index contributed by atoms with van der Waals surface area (Å²) in [5.74, 6) is 0.247. The molecule has 35 heavy (non-hydrogen) atoms. The summed E-state index contributed by atoms with van der Waals surface area (Å²) >= 11 is 0. The van der Waals surface area contributed by atoms with Crippen LogP contribution in [0.1, 0.15) is 12.5 Å². The fourth-order valence-electron chi connectivity index (χ4n) is 4.46. The lowest BCUT2D eigenvalue weighted by atomic mass is 10.2. The van der Waals surface area contributed by atoms with Crippen LogP contribution < -0.4 is 15.2 Å². The first-order valence-electron chi connectivity index (χ1n) is 11.1. The Morgan fingerprint density at radius 3 is 2.77 bits per heavy atom. The van der Waals surface area contributed by atoms with E-state index in [1.165, 1.54) is 29.9 Å². The van der Waals surface area contributed by atoms with Crippen LogP contribution in [0, 0.1) is 5.82 Å². The molecule has 4 aromatic rings. The van der Waals surface area contributed by atoms with Crippen molar-refractivity contribution in [3.05, 3.63) is 89.9 Å². The van der Waals surface area contributed by atoms with E-state index in [2.05, 4.69) is 11.6 Å². The highest BCUT2D eigenvalue weighted by molar-refractivity contribution is 5.87. The molecular weight excluding hydrogens is 451 g/mol. The van der Waals surface area contributed by atoms with E-state index in [1.807, 2.05) is 0 Å². The van der Waals surface area contributed by atoms with Crippen LogP contribution in [-0.2, 0) is 4.79 Å². The van der Waals surface area contributed by atoms with Crippen LogP contribution in [-0.4, -0.2) is 45.1 Å². The third-order valence-corrected chi connectivity index (χ3v) is 6.13. The van der Waals surface area contributed by atoms with Crippen LogP contribution in [0.5, 0.6) is 17.2 Å². The topological polar surface area (TPSA) is 78.6 Å². The smallest absolute Gasteiger partial charge is 0.334 e. The molecule has 1 saturated heterocycles. The van der Waals surface area contributed by atoms with Gasteiger partial charge in [-0.25, -0.2) is 9.18 Å². The van der Waals surface area contributed by atoms with Crippen molar-refractivity contribution in [3.63, 3.8) is 0 Å². The second-order valence-corrected chi connectivity index (χ2v) is 8.18. The molecule has 0 bridgehead atoms. The number of fused-ring (bicyclic) bond motifs is 1. The molecule has 0 saturated carbocycles. The maximum absolute atomic E-state index is 15.1. The number of rotatable bonds is 6. The van der Waals surface area contributed by atoms with Gasteiger partial charge >= 0.3 is 5.69 Å². The summed E-state index contributed by atoms with van der Waals surface area (Å²) in [7, 11) is 1.54. The molecule has 1 aliphatic heterocycles. The summed E-state index contributed by atoms with van der Waals surface area (Å²) in [6.45, 7) is 4.47. The molecule has 1 amide bonds. The normalized spacial score (nSPS) is 15.4. The average molecular weight is 474 g/mol. The monoisotopic (exact) mass is 474 g/mol. The molecule has 3 heterocycles. The van der Waals surface area contributed by atoms with Crippen molar-refractivity contribution < 1.29 is 18.7 Å². The van der Waals surface area contributed by atoms with Crippen LogP contribution >= 0.6 is 0 Å². The van der Waals surface area contributed by atoms with Crippen molar-refractivity contribution in [2.45, 2.75) is 12.5 Å². The molecule has 0 radical (unpaired) electrons. The van der Waals surface area contributed by atoms with Gasteiger partial charge in [0.25, 0.3) is 0 Å². The second kappa shape index (κ2) is 9.09. The summed E-state index contributed by atoms with van der Waals surface area (Å²) in [4.78, 5) is 31.5. The number of benzene rings is 2. The van der Waals surface area contributed by atoms with Gasteiger partial charge in [0.1, 0.15) is 11.5 Å². The molecule has 1 fully saturated rings. The number of carbonyl (C=O) groups is 1. The van der Waals surface area contributed by atoms with Crippen molar-refractivity contribution in [2.24, 2.45) is 0 Å².